The van der Waals surface area contributed by atoms with Gasteiger partial charge in [0.05, 0.1) is 6.42 Å². The van der Waals surface area contributed by atoms with E-state index >= 15 is 0 Å². The molecule has 156 valence electrons. The quantitative estimate of drug-likeness (QED) is 0.527. The molecular formula is C14H14ClF3N2O7S. The summed E-state index contributed by atoms with van der Waals surface area (Å²) in [6.45, 7) is 0. The van der Waals surface area contributed by atoms with Crippen LogP contribution in [-0.2, 0) is 30.8 Å². The highest BCUT2D eigenvalue weighted by Gasteiger charge is 2.39. The molecule has 1 saturated heterocycles. The number of carboxylic acids is 2. The minimum absolute atomic E-state index is 0.0733. The van der Waals surface area contributed by atoms with Crippen LogP contribution in [0.1, 0.15) is 22.8 Å². The Hall–Kier alpha value is -2.38. The average molecular weight is 447 g/mol. The molecule has 1 aliphatic heterocycles. The Morgan fingerprint density at radius 2 is 1.86 bits per heavy atom. The van der Waals surface area contributed by atoms with E-state index in [1.807, 2.05) is 4.72 Å². The third-order valence-corrected chi connectivity index (χ3v) is 5.44. The summed E-state index contributed by atoms with van der Waals surface area (Å²) in [7, 11) is -3.76. The van der Waals surface area contributed by atoms with Crippen molar-refractivity contribution in [3.8, 4) is 0 Å². The van der Waals surface area contributed by atoms with Gasteiger partial charge < -0.3 is 15.9 Å². The Morgan fingerprint density at radius 1 is 1.32 bits per heavy atom. The Bertz CT molecular complexity index is 889. The van der Waals surface area contributed by atoms with Gasteiger partial charge in [0.15, 0.2) is 0 Å². The molecule has 0 bridgehead atoms. The number of carbonyl (C=O) groups excluding carboxylic acids is 1. The largest absolute Gasteiger partial charge is 0.490 e. The number of carbonyl (C=O) groups is 3. The van der Waals surface area contributed by atoms with Crippen molar-refractivity contribution in [3.05, 3.63) is 34.3 Å². The van der Waals surface area contributed by atoms with Crippen molar-refractivity contribution in [2.75, 3.05) is 0 Å². The molecule has 9 nitrogen and oxygen atoms in total. The van der Waals surface area contributed by atoms with Crippen LogP contribution in [-0.4, -0.2) is 48.7 Å². The van der Waals surface area contributed by atoms with Crippen molar-refractivity contribution < 1.29 is 46.2 Å². The molecule has 0 saturated carbocycles. The van der Waals surface area contributed by atoms with Gasteiger partial charge in [0.2, 0.25) is 15.9 Å². The molecule has 14 heteroatoms. The van der Waals surface area contributed by atoms with E-state index < -0.39 is 45.3 Å². The first-order chi connectivity index (χ1) is 12.6. The standard InChI is InChI=1S/C12H13ClN2O5S.C2HF3O2/c13-8-3-6(4-9(14)12(17)18)1-2-7(8)10-5-11(16)15-21(10,19)20;3-2(4,5)1(6)7/h1-3,9-10H,4-5,14H2,(H,15,16)(H,17,18);(H,6,7)/t9-,10?;/m0./s1. The molecule has 0 aliphatic carbocycles. The second kappa shape index (κ2) is 8.75. The Labute approximate surface area is 161 Å². The van der Waals surface area contributed by atoms with Crippen molar-refractivity contribution in [2.24, 2.45) is 5.73 Å². The maximum Gasteiger partial charge on any atom is 0.490 e. The van der Waals surface area contributed by atoms with E-state index in [0.29, 0.717) is 11.1 Å². The lowest BCUT2D eigenvalue weighted by Crippen LogP contribution is -2.32. The van der Waals surface area contributed by atoms with Gasteiger partial charge >= 0.3 is 18.1 Å². The van der Waals surface area contributed by atoms with E-state index in [0.717, 1.165) is 0 Å². The lowest BCUT2D eigenvalue weighted by molar-refractivity contribution is -0.192. The number of hydrogen-bond donors (Lipinski definition) is 4. The molecule has 1 amide bonds. The summed E-state index contributed by atoms with van der Waals surface area (Å²) in [5.41, 5.74) is 6.31. The fourth-order valence-electron chi connectivity index (χ4n) is 2.13. The van der Waals surface area contributed by atoms with Gasteiger partial charge in [-0.3, -0.25) is 14.3 Å². The van der Waals surface area contributed by atoms with E-state index in [2.05, 4.69) is 0 Å². The third kappa shape index (κ3) is 6.35. The summed E-state index contributed by atoms with van der Waals surface area (Å²) < 4.78 is 57.2. The molecule has 2 rings (SSSR count). The van der Waals surface area contributed by atoms with Crippen LogP contribution in [0.2, 0.25) is 5.02 Å². The second-order valence-corrected chi connectivity index (χ2v) is 7.84. The van der Waals surface area contributed by atoms with E-state index in [9.17, 15) is 31.2 Å². The van der Waals surface area contributed by atoms with Gasteiger partial charge in [-0.15, -0.1) is 0 Å². The number of carboxylic acid groups (broad SMARTS) is 2. The molecule has 1 aliphatic rings. The first kappa shape index (κ1) is 23.7. The minimum Gasteiger partial charge on any atom is -0.480 e. The molecule has 5 N–H and O–H groups in total. The van der Waals surface area contributed by atoms with Gasteiger partial charge in [0.1, 0.15) is 11.3 Å². The van der Waals surface area contributed by atoms with Crippen LogP contribution in [0.4, 0.5) is 13.2 Å². The second-order valence-electron chi connectivity index (χ2n) is 5.57. The van der Waals surface area contributed by atoms with E-state index in [1.165, 1.54) is 12.1 Å². The number of aliphatic carboxylic acids is 2. The number of nitrogens with two attached hydrogens (primary N) is 1. The number of nitrogens with one attached hydrogen (secondary N) is 1. The Balaban J connectivity index is 0.000000480. The van der Waals surface area contributed by atoms with Crippen LogP contribution < -0.4 is 10.5 Å². The smallest absolute Gasteiger partial charge is 0.480 e. The highest BCUT2D eigenvalue weighted by molar-refractivity contribution is 7.90. The number of hydrogen-bond acceptors (Lipinski definition) is 6. The zero-order valence-corrected chi connectivity index (χ0v) is 15.3. The molecule has 28 heavy (non-hydrogen) atoms. The Morgan fingerprint density at radius 3 is 2.21 bits per heavy atom. The predicted octanol–water partition coefficient (Wildman–Crippen LogP) is 0.818. The summed E-state index contributed by atoms with van der Waals surface area (Å²) in [4.78, 5) is 30.8. The fourth-order valence-corrected chi connectivity index (χ4v) is 3.98. The van der Waals surface area contributed by atoms with Crippen molar-refractivity contribution in [1.29, 1.82) is 0 Å². The predicted molar refractivity (Wildman–Crippen MR) is 88.9 cm³/mol. The maximum atomic E-state index is 11.8. The molecule has 1 fully saturated rings. The van der Waals surface area contributed by atoms with E-state index in [-0.39, 0.29) is 17.9 Å². The number of amides is 1. The van der Waals surface area contributed by atoms with Crippen LogP contribution in [0.5, 0.6) is 0 Å². The van der Waals surface area contributed by atoms with Crippen LogP contribution in [0.3, 0.4) is 0 Å². The molecule has 1 heterocycles. The highest BCUT2D eigenvalue weighted by atomic mass is 35.5. The van der Waals surface area contributed by atoms with Crippen molar-refractivity contribution in [3.63, 3.8) is 0 Å². The minimum atomic E-state index is -5.08. The lowest BCUT2D eigenvalue weighted by atomic mass is 10.0. The monoisotopic (exact) mass is 446 g/mol. The first-order valence-corrected chi connectivity index (χ1v) is 9.19. The zero-order valence-electron chi connectivity index (χ0n) is 13.7. The van der Waals surface area contributed by atoms with Crippen LogP contribution in [0.15, 0.2) is 18.2 Å². The molecule has 1 unspecified atom stereocenters. The zero-order chi connectivity index (χ0) is 21.9. The van der Waals surface area contributed by atoms with E-state index in [1.54, 1.807) is 6.07 Å². The van der Waals surface area contributed by atoms with Gasteiger partial charge in [-0.2, -0.15) is 13.2 Å². The number of sulfonamides is 1. The van der Waals surface area contributed by atoms with Crippen LogP contribution in [0.25, 0.3) is 0 Å². The lowest BCUT2D eigenvalue weighted by Gasteiger charge is -2.12. The van der Waals surface area contributed by atoms with Crippen molar-refractivity contribution in [2.45, 2.75) is 30.3 Å². The normalized spacial score (nSPS) is 19.2. The van der Waals surface area contributed by atoms with Gasteiger partial charge in [0, 0.05) is 5.02 Å². The van der Waals surface area contributed by atoms with Crippen molar-refractivity contribution >= 4 is 39.5 Å². The molecule has 2 atom stereocenters. The van der Waals surface area contributed by atoms with Crippen LogP contribution >= 0.6 is 11.6 Å². The molecule has 1 aromatic carbocycles. The summed E-state index contributed by atoms with van der Waals surface area (Å²) in [5.74, 6) is -4.47. The summed E-state index contributed by atoms with van der Waals surface area (Å²) in [6, 6.07) is 3.44. The number of halogens is 4. The van der Waals surface area contributed by atoms with Gasteiger partial charge in [-0.1, -0.05) is 23.7 Å². The molecule has 0 radical (unpaired) electrons. The third-order valence-electron chi connectivity index (χ3n) is 3.43. The molecule has 0 spiro atoms. The topological polar surface area (TPSA) is 164 Å². The van der Waals surface area contributed by atoms with Crippen molar-refractivity contribution in [1.82, 2.24) is 4.72 Å². The van der Waals surface area contributed by atoms with Gasteiger partial charge in [0.25, 0.3) is 0 Å². The Kier molecular flexibility index (Phi) is 7.39. The summed E-state index contributed by atoms with van der Waals surface area (Å²) in [5, 5.41) is 15.0. The van der Waals surface area contributed by atoms with Gasteiger partial charge in [-0.05, 0) is 23.6 Å². The highest BCUT2D eigenvalue weighted by Crippen LogP contribution is 2.35. The average Bonchev–Trinajstić information content (AvgIpc) is 2.79. The number of alkyl halides is 3. The fraction of sp³-hybridized carbons (Fsp3) is 0.357. The molecule has 0 aromatic heterocycles. The summed E-state index contributed by atoms with van der Waals surface area (Å²) in [6.07, 6.45) is -5.19. The number of benzene rings is 1. The number of rotatable bonds is 4. The summed E-state index contributed by atoms with van der Waals surface area (Å²) >= 11 is 6.06. The van der Waals surface area contributed by atoms with Gasteiger partial charge in [-0.25, -0.2) is 13.2 Å². The first-order valence-electron chi connectivity index (χ1n) is 7.26. The molecular weight excluding hydrogens is 433 g/mol. The SMILES string of the molecule is N[C@@H](Cc1ccc(C2CC(=O)NS2(=O)=O)c(Cl)c1)C(=O)O.O=C(O)C(F)(F)F. The van der Waals surface area contributed by atoms with Crippen LogP contribution in [0, 0.1) is 0 Å². The molecule has 1 aromatic rings. The maximum absolute atomic E-state index is 11.8. The van der Waals surface area contributed by atoms with E-state index in [4.69, 9.17) is 32.3 Å².